The molecule has 1 unspecified atom stereocenters. The molecule has 6 nitrogen and oxygen atoms in total. The molecule has 0 bridgehead atoms. The molecule has 1 fully saturated rings. The number of carboxylic acid groups (broad SMARTS) is 1. The lowest BCUT2D eigenvalue weighted by atomic mass is 10.1. The van der Waals surface area contributed by atoms with Crippen molar-refractivity contribution < 1.29 is 19.5 Å². The van der Waals surface area contributed by atoms with Crippen LogP contribution in [-0.4, -0.2) is 52.4 Å². The van der Waals surface area contributed by atoms with Gasteiger partial charge in [0.1, 0.15) is 0 Å². The third-order valence-corrected chi connectivity index (χ3v) is 4.05. The number of carboxylic acids is 1. The van der Waals surface area contributed by atoms with Gasteiger partial charge in [-0.3, -0.25) is 24.2 Å². The Morgan fingerprint density at radius 3 is 2.38 bits per heavy atom. The summed E-state index contributed by atoms with van der Waals surface area (Å²) in [5, 5.41) is 8.81. The smallest absolute Gasteiger partial charge is 0.303 e. The van der Waals surface area contributed by atoms with Crippen molar-refractivity contribution in [2.24, 2.45) is 5.92 Å². The Balaban J connectivity index is 1.66. The maximum Gasteiger partial charge on any atom is 0.303 e. The summed E-state index contributed by atoms with van der Waals surface area (Å²) >= 11 is 0. The Morgan fingerprint density at radius 1 is 1.19 bits per heavy atom. The zero-order valence-corrected chi connectivity index (χ0v) is 11.5. The van der Waals surface area contributed by atoms with Crippen molar-refractivity contribution in [3.8, 4) is 0 Å². The van der Waals surface area contributed by atoms with Gasteiger partial charge >= 0.3 is 5.97 Å². The number of likely N-dealkylation sites (tertiary alicyclic amines) is 1. The van der Waals surface area contributed by atoms with E-state index in [1.165, 1.54) is 4.90 Å². The van der Waals surface area contributed by atoms with Crippen molar-refractivity contribution in [3.63, 3.8) is 0 Å². The summed E-state index contributed by atoms with van der Waals surface area (Å²) in [4.78, 5) is 38.4. The molecule has 2 aliphatic heterocycles. The van der Waals surface area contributed by atoms with E-state index in [1.807, 2.05) is 4.90 Å². The zero-order chi connectivity index (χ0) is 15.0. The fourth-order valence-electron chi connectivity index (χ4n) is 3.02. The summed E-state index contributed by atoms with van der Waals surface area (Å²) in [6.07, 6.45) is 0.925. The molecule has 1 N–H and O–H groups in total. The number of hydrogen-bond acceptors (Lipinski definition) is 4. The molecule has 2 heterocycles. The molecular formula is C15H16N2O4. The van der Waals surface area contributed by atoms with Gasteiger partial charge in [0.15, 0.2) is 0 Å². The minimum Gasteiger partial charge on any atom is -0.481 e. The van der Waals surface area contributed by atoms with Gasteiger partial charge in [0.2, 0.25) is 0 Å². The molecule has 0 radical (unpaired) electrons. The van der Waals surface area contributed by atoms with Crippen LogP contribution in [0.5, 0.6) is 0 Å². The number of fused-ring (bicyclic) bond motifs is 1. The van der Waals surface area contributed by atoms with Crippen molar-refractivity contribution >= 4 is 17.8 Å². The summed E-state index contributed by atoms with van der Waals surface area (Å²) in [7, 11) is 0. The van der Waals surface area contributed by atoms with E-state index in [9.17, 15) is 14.4 Å². The maximum absolute atomic E-state index is 12.2. The summed E-state index contributed by atoms with van der Waals surface area (Å²) in [6, 6.07) is 6.80. The van der Waals surface area contributed by atoms with E-state index in [0.717, 1.165) is 6.42 Å². The first kappa shape index (κ1) is 13.8. The second-order valence-electron chi connectivity index (χ2n) is 5.55. The third kappa shape index (κ3) is 2.54. The average Bonchev–Trinajstić information content (AvgIpc) is 2.98. The lowest BCUT2D eigenvalue weighted by Crippen LogP contribution is -2.40. The Labute approximate surface area is 122 Å². The number of aliphatic carboxylic acids is 1. The summed E-state index contributed by atoms with van der Waals surface area (Å²) < 4.78 is 0. The number of rotatable bonds is 4. The number of nitrogens with zero attached hydrogens (tertiary/aromatic N) is 2. The molecule has 0 aromatic heterocycles. The lowest BCUT2D eigenvalue weighted by Gasteiger charge is -2.22. The highest BCUT2D eigenvalue weighted by Crippen LogP contribution is 2.25. The third-order valence-electron chi connectivity index (χ3n) is 4.05. The summed E-state index contributed by atoms with van der Waals surface area (Å²) in [5.74, 6) is -1.24. The second-order valence-corrected chi connectivity index (χ2v) is 5.55. The Kier molecular flexibility index (Phi) is 3.47. The van der Waals surface area contributed by atoms with Gasteiger partial charge in [0, 0.05) is 19.5 Å². The largest absolute Gasteiger partial charge is 0.481 e. The molecule has 1 saturated heterocycles. The molecule has 6 heteroatoms. The fourth-order valence-corrected chi connectivity index (χ4v) is 3.02. The van der Waals surface area contributed by atoms with Crippen LogP contribution in [0.2, 0.25) is 0 Å². The Bertz CT molecular complexity index is 578. The minimum absolute atomic E-state index is 0.0951. The molecule has 2 aliphatic rings. The van der Waals surface area contributed by atoms with Gasteiger partial charge in [-0.15, -0.1) is 0 Å². The number of carbonyl (C=O) groups is 3. The number of benzene rings is 1. The van der Waals surface area contributed by atoms with Crippen LogP contribution in [0.25, 0.3) is 0 Å². The van der Waals surface area contributed by atoms with Gasteiger partial charge in [-0.25, -0.2) is 0 Å². The predicted molar refractivity (Wildman–Crippen MR) is 73.7 cm³/mol. The van der Waals surface area contributed by atoms with Crippen LogP contribution in [0.15, 0.2) is 24.3 Å². The van der Waals surface area contributed by atoms with E-state index in [2.05, 4.69) is 0 Å². The molecule has 3 rings (SSSR count). The highest BCUT2D eigenvalue weighted by molar-refractivity contribution is 6.21. The molecule has 0 spiro atoms. The molecule has 0 saturated carbocycles. The Hall–Kier alpha value is -2.21. The number of amides is 2. The highest BCUT2D eigenvalue weighted by Gasteiger charge is 2.37. The van der Waals surface area contributed by atoms with Crippen molar-refractivity contribution in [1.82, 2.24) is 9.80 Å². The van der Waals surface area contributed by atoms with E-state index < -0.39 is 5.97 Å². The van der Waals surface area contributed by atoms with Crippen LogP contribution in [0.3, 0.4) is 0 Å². The second kappa shape index (κ2) is 5.29. The molecule has 1 aromatic carbocycles. The van der Waals surface area contributed by atoms with Crippen LogP contribution in [0.1, 0.15) is 33.6 Å². The topological polar surface area (TPSA) is 77.9 Å². The van der Waals surface area contributed by atoms with E-state index in [4.69, 9.17) is 5.11 Å². The zero-order valence-electron chi connectivity index (χ0n) is 11.5. The van der Waals surface area contributed by atoms with E-state index in [-0.39, 0.29) is 30.8 Å². The monoisotopic (exact) mass is 288 g/mol. The Morgan fingerprint density at radius 2 is 1.81 bits per heavy atom. The molecule has 2 amide bonds. The van der Waals surface area contributed by atoms with Crippen LogP contribution in [-0.2, 0) is 4.79 Å². The molecule has 1 aromatic rings. The van der Waals surface area contributed by atoms with Crippen molar-refractivity contribution in [1.29, 1.82) is 0 Å². The minimum atomic E-state index is -0.803. The first-order valence-corrected chi connectivity index (χ1v) is 6.95. The van der Waals surface area contributed by atoms with Crippen molar-refractivity contribution in [3.05, 3.63) is 35.4 Å². The standard InChI is InChI=1S/C15H16N2O4/c18-13(19)7-10-5-6-16(8-10)9-17-14(20)11-3-1-2-4-12(11)15(17)21/h1-4,10H,5-9H2,(H,18,19). The van der Waals surface area contributed by atoms with E-state index in [0.29, 0.717) is 24.2 Å². The lowest BCUT2D eigenvalue weighted by molar-refractivity contribution is -0.138. The van der Waals surface area contributed by atoms with Crippen LogP contribution < -0.4 is 0 Å². The van der Waals surface area contributed by atoms with Crippen molar-refractivity contribution in [2.75, 3.05) is 19.8 Å². The van der Waals surface area contributed by atoms with Crippen molar-refractivity contribution in [2.45, 2.75) is 12.8 Å². The fraction of sp³-hybridized carbons (Fsp3) is 0.400. The number of hydrogen-bond donors (Lipinski definition) is 1. The summed E-state index contributed by atoms with van der Waals surface area (Å²) in [5.41, 5.74) is 0.896. The number of imide groups is 1. The average molecular weight is 288 g/mol. The van der Waals surface area contributed by atoms with Crippen LogP contribution >= 0.6 is 0 Å². The highest BCUT2D eigenvalue weighted by atomic mass is 16.4. The van der Waals surface area contributed by atoms with Gasteiger partial charge in [0.05, 0.1) is 17.8 Å². The van der Waals surface area contributed by atoms with Gasteiger partial charge in [0.25, 0.3) is 11.8 Å². The molecular weight excluding hydrogens is 272 g/mol. The maximum atomic E-state index is 12.2. The molecule has 110 valence electrons. The van der Waals surface area contributed by atoms with E-state index >= 15 is 0 Å². The first-order valence-electron chi connectivity index (χ1n) is 6.95. The van der Waals surface area contributed by atoms with Gasteiger partial charge < -0.3 is 5.11 Å². The van der Waals surface area contributed by atoms with Crippen LogP contribution in [0, 0.1) is 5.92 Å². The predicted octanol–water partition coefficient (Wildman–Crippen LogP) is 1.04. The van der Waals surface area contributed by atoms with Gasteiger partial charge in [-0.2, -0.15) is 0 Å². The SMILES string of the molecule is O=C(O)CC1CCN(CN2C(=O)c3ccccc3C2=O)C1. The first-order chi connectivity index (χ1) is 10.1. The normalized spacial score (nSPS) is 21.9. The van der Waals surface area contributed by atoms with E-state index in [1.54, 1.807) is 24.3 Å². The quantitative estimate of drug-likeness (QED) is 0.837. The van der Waals surface area contributed by atoms with Gasteiger partial charge in [-0.1, -0.05) is 12.1 Å². The molecule has 21 heavy (non-hydrogen) atoms. The van der Waals surface area contributed by atoms with Crippen LogP contribution in [0.4, 0.5) is 0 Å². The van der Waals surface area contributed by atoms with Gasteiger partial charge in [-0.05, 0) is 24.5 Å². The summed E-state index contributed by atoms with van der Waals surface area (Å²) in [6.45, 7) is 1.56. The molecule has 0 aliphatic carbocycles. The molecule has 1 atom stereocenters. The number of carbonyl (C=O) groups excluding carboxylic acids is 2.